The van der Waals surface area contributed by atoms with Crippen LogP contribution in [-0.2, 0) is 11.2 Å². The molecule has 8 heteroatoms. The van der Waals surface area contributed by atoms with Crippen LogP contribution >= 0.6 is 0 Å². The third-order valence-electron chi connectivity index (χ3n) is 4.69. The fraction of sp³-hybridized carbons (Fsp3) is 0.333. The van der Waals surface area contributed by atoms with E-state index in [0.717, 1.165) is 24.1 Å². The van der Waals surface area contributed by atoms with Gasteiger partial charge in [-0.1, -0.05) is 12.1 Å². The van der Waals surface area contributed by atoms with Gasteiger partial charge in [-0.05, 0) is 50.5 Å². The Morgan fingerprint density at radius 2 is 1.97 bits per heavy atom. The van der Waals surface area contributed by atoms with Crippen LogP contribution in [0.3, 0.4) is 0 Å². The number of rotatable bonds is 6. The molecular formula is C21H24N4O4. The number of benzene rings is 2. The quantitative estimate of drug-likeness (QED) is 0.577. The van der Waals surface area contributed by atoms with Crippen molar-refractivity contribution in [2.75, 3.05) is 23.3 Å². The van der Waals surface area contributed by atoms with Crippen LogP contribution in [0.15, 0.2) is 42.5 Å². The SMILES string of the molecule is CC(C)NC(=O)c1cccc2c1CCCN2CC(=O)Nc1cccc([N+](=O)[O-])c1. The molecule has 8 nitrogen and oxygen atoms in total. The van der Waals surface area contributed by atoms with Crippen LogP contribution in [0.4, 0.5) is 17.1 Å². The number of non-ortho nitro benzene ring substituents is 1. The van der Waals surface area contributed by atoms with Crippen molar-refractivity contribution in [3.05, 3.63) is 63.7 Å². The molecule has 0 radical (unpaired) electrons. The maximum Gasteiger partial charge on any atom is 0.271 e. The fourth-order valence-electron chi connectivity index (χ4n) is 3.49. The fourth-order valence-corrected chi connectivity index (χ4v) is 3.49. The molecule has 29 heavy (non-hydrogen) atoms. The molecular weight excluding hydrogens is 372 g/mol. The average Bonchev–Trinajstić information content (AvgIpc) is 2.67. The molecule has 2 N–H and O–H groups in total. The first-order chi connectivity index (χ1) is 13.8. The minimum absolute atomic E-state index is 0.0405. The van der Waals surface area contributed by atoms with Crippen molar-refractivity contribution in [1.29, 1.82) is 0 Å². The van der Waals surface area contributed by atoms with E-state index in [1.807, 2.05) is 36.9 Å². The Hall–Kier alpha value is -3.42. The lowest BCUT2D eigenvalue weighted by Gasteiger charge is -2.32. The summed E-state index contributed by atoms with van der Waals surface area (Å²) in [5, 5.41) is 16.5. The molecule has 0 bridgehead atoms. The van der Waals surface area contributed by atoms with Crippen molar-refractivity contribution < 1.29 is 14.5 Å². The Morgan fingerprint density at radius 3 is 2.69 bits per heavy atom. The molecule has 0 aliphatic carbocycles. The normalized spacial score (nSPS) is 13.0. The molecule has 0 unspecified atom stereocenters. The molecule has 0 saturated carbocycles. The summed E-state index contributed by atoms with van der Waals surface area (Å²) in [6, 6.07) is 11.4. The number of hydrogen-bond acceptors (Lipinski definition) is 5. The van der Waals surface area contributed by atoms with Gasteiger partial charge in [0.05, 0.1) is 11.5 Å². The van der Waals surface area contributed by atoms with Gasteiger partial charge in [0, 0.05) is 41.7 Å². The minimum atomic E-state index is -0.500. The Kier molecular flexibility index (Phi) is 6.11. The second-order valence-electron chi connectivity index (χ2n) is 7.31. The van der Waals surface area contributed by atoms with Gasteiger partial charge in [-0.3, -0.25) is 19.7 Å². The first kappa shape index (κ1) is 20.3. The number of nitrogens with zero attached hydrogens (tertiary/aromatic N) is 2. The third-order valence-corrected chi connectivity index (χ3v) is 4.69. The van der Waals surface area contributed by atoms with E-state index in [1.165, 1.54) is 18.2 Å². The summed E-state index contributed by atoms with van der Waals surface area (Å²) in [6.07, 6.45) is 1.61. The van der Waals surface area contributed by atoms with Crippen LogP contribution in [-0.4, -0.2) is 35.9 Å². The van der Waals surface area contributed by atoms with Crippen molar-refractivity contribution in [2.45, 2.75) is 32.7 Å². The predicted molar refractivity (Wildman–Crippen MR) is 111 cm³/mol. The summed E-state index contributed by atoms with van der Waals surface area (Å²) in [6.45, 7) is 4.63. The highest BCUT2D eigenvalue weighted by atomic mass is 16.6. The number of nitro groups is 1. The molecule has 2 amide bonds. The van der Waals surface area contributed by atoms with Gasteiger partial charge in [-0.15, -0.1) is 0 Å². The largest absolute Gasteiger partial charge is 0.362 e. The Morgan fingerprint density at radius 1 is 1.21 bits per heavy atom. The number of hydrogen-bond donors (Lipinski definition) is 2. The standard InChI is InChI=1S/C21H24N4O4/c1-14(2)22-21(27)18-8-4-10-19-17(18)9-5-11-24(19)13-20(26)23-15-6-3-7-16(12-15)25(28)29/h3-4,6-8,10,12,14H,5,9,11,13H2,1-2H3,(H,22,27)(H,23,26). The van der Waals surface area contributed by atoms with Crippen molar-refractivity contribution in [3.63, 3.8) is 0 Å². The molecule has 152 valence electrons. The topological polar surface area (TPSA) is 105 Å². The minimum Gasteiger partial charge on any atom is -0.362 e. The number of carbonyl (C=O) groups excluding carboxylic acids is 2. The number of fused-ring (bicyclic) bond motifs is 1. The Bertz CT molecular complexity index is 942. The van der Waals surface area contributed by atoms with Crippen molar-refractivity contribution in [3.8, 4) is 0 Å². The van der Waals surface area contributed by atoms with E-state index in [9.17, 15) is 19.7 Å². The molecule has 0 saturated heterocycles. The molecule has 0 fully saturated rings. The maximum absolute atomic E-state index is 12.5. The third kappa shape index (κ3) is 4.90. The zero-order valence-corrected chi connectivity index (χ0v) is 16.5. The van der Waals surface area contributed by atoms with Gasteiger partial charge in [0.25, 0.3) is 11.6 Å². The summed E-state index contributed by atoms with van der Waals surface area (Å²) in [4.78, 5) is 37.4. The number of nitro benzene ring substituents is 1. The summed E-state index contributed by atoms with van der Waals surface area (Å²) < 4.78 is 0. The van der Waals surface area contributed by atoms with Crippen LogP contribution < -0.4 is 15.5 Å². The van der Waals surface area contributed by atoms with E-state index in [-0.39, 0.29) is 30.1 Å². The van der Waals surface area contributed by atoms with E-state index < -0.39 is 4.92 Å². The number of nitrogens with one attached hydrogen (secondary N) is 2. The summed E-state index contributed by atoms with van der Waals surface area (Å²) in [5.41, 5.74) is 2.76. The highest BCUT2D eigenvalue weighted by molar-refractivity contribution is 5.98. The lowest BCUT2D eigenvalue weighted by Crippen LogP contribution is -2.38. The van der Waals surface area contributed by atoms with Gasteiger partial charge < -0.3 is 15.5 Å². The van der Waals surface area contributed by atoms with Crippen molar-refractivity contribution >= 4 is 28.9 Å². The van der Waals surface area contributed by atoms with Crippen molar-refractivity contribution in [1.82, 2.24) is 5.32 Å². The zero-order chi connectivity index (χ0) is 21.0. The van der Waals surface area contributed by atoms with Crippen LogP contribution in [0, 0.1) is 10.1 Å². The van der Waals surface area contributed by atoms with E-state index in [2.05, 4.69) is 10.6 Å². The highest BCUT2D eigenvalue weighted by Gasteiger charge is 2.24. The Balaban J connectivity index is 1.75. The monoisotopic (exact) mass is 396 g/mol. The molecule has 0 aromatic heterocycles. The van der Waals surface area contributed by atoms with E-state index >= 15 is 0 Å². The summed E-state index contributed by atoms with van der Waals surface area (Å²) in [7, 11) is 0. The van der Waals surface area contributed by atoms with Crippen LogP contribution in [0.1, 0.15) is 36.2 Å². The lowest BCUT2D eigenvalue weighted by molar-refractivity contribution is -0.384. The maximum atomic E-state index is 12.5. The van der Waals surface area contributed by atoms with Gasteiger partial charge in [0.15, 0.2) is 0 Å². The smallest absolute Gasteiger partial charge is 0.271 e. The molecule has 1 aliphatic heterocycles. The van der Waals surface area contributed by atoms with Gasteiger partial charge in [-0.2, -0.15) is 0 Å². The number of amides is 2. The molecule has 3 rings (SSSR count). The van der Waals surface area contributed by atoms with E-state index in [0.29, 0.717) is 17.8 Å². The average molecular weight is 396 g/mol. The van der Waals surface area contributed by atoms with E-state index in [4.69, 9.17) is 0 Å². The molecule has 2 aromatic carbocycles. The van der Waals surface area contributed by atoms with Gasteiger partial charge in [-0.25, -0.2) is 0 Å². The molecule has 1 heterocycles. The van der Waals surface area contributed by atoms with E-state index in [1.54, 1.807) is 6.07 Å². The number of anilines is 2. The second kappa shape index (κ2) is 8.72. The van der Waals surface area contributed by atoms with Crippen LogP contribution in [0.25, 0.3) is 0 Å². The molecule has 0 spiro atoms. The zero-order valence-electron chi connectivity index (χ0n) is 16.5. The van der Waals surface area contributed by atoms with Gasteiger partial charge in [0.1, 0.15) is 0 Å². The molecule has 0 atom stereocenters. The lowest BCUT2D eigenvalue weighted by atomic mass is 9.95. The summed E-state index contributed by atoms with van der Waals surface area (Å²) in [5.74, 6) is -0.380. The van der Waals surface area contributed by atoms with Gasteiger partial charge >= 0.3 is 0 Å². The van der Waals surface area contributed by atoms with Crippen LogP contribution in [0.2, 0.25) is 0 Å². The second-order valence-corrected chi connectivity index (χ2v) is 7.31. The molecule has 1 aliphatic rings. The van der Waals surface area contributed by atoms with Gasteiger partial charge in [0.2, 0.25) is 5.91 Å². The van der Waals surface area contributed by atoms with Crippen molar-refractivity contribution in [2.24, 2.45) is 0 Å². The van der Waals surface area contributed by atoms with Crippen LogP contribution in [0.5, 0.6) is 0 Å². The predicted octanol–water partition coefficient (Wildman–Crippen LogP) is 3.12. The Labute approximate surface area is 169 Å². The first-order valence-electron chi connectivity index (χ1n) is 9.57. The first-order valence-corrected chi connectivity index (χ1v) is 9.57. The number of carbonyl (C=O) groups is 2. The summed E-state index contributed by atoms with van der Waals surface area (Å²) >= 11 is 0. The molecule has 2 aromatic rings. The highest BCUT2D eigenvalue weighted by Crippen LogP contribution is 2.30.